The fourth-order valence-electron chi connectivity index (χ4n) is 2.93. The number of fused-ring (bicyclic) bond motifs is 1. The summed E-state index contributed by atoms with van der Waals surface area (Å²) in [7, 11) is 5.68. The van der Waals surface area contributed by atoms with Crippen molar-refractivity contribution in [3.63, 3.8) is 0 Å². The van der Waals surface area contributed by atoms with Gasteiger partial charge in [0.15, 0.2) is 0 Å². The summed E-state index contributed by atoms with van der Waals surface area (Å²) in [6, 6.07) is 0. The van der Waals surface area contributed by atoms with Crippen LogP contribution in [0.5, 0.6) is 5.75 Å². The SMILES string of the molecule is Cc1c(C(N)=O)c(CN(C)C)c(O)c2n1c(C)c(C)[n+]2C.[I-]. The number of nitrogens with two attached hydrogens (primary N) is 1. The Morgan fingerprint density at radius 1 is 1.27 bits per heavy atom. The Labute approximate surface area is 147 Å². The van der Waals surface area contributed by atoms with E-state index in [1.807, 2.05) is 55.8 Å². The van der Waals surface area contributed by atoms with Crippen molar-refractivity contribution in [2.45, 2.75) is 27.3 Å². The molecule has 0 atom stereocenters. The van der Waals surface area contributed by atoms with E-state index in [2.05, 4.69) is 0 Å². The van der Waals surface area contributed by atoms with E-state index in [0.717, 1.165) is 17.1 Å². The number of carbonyl (C=O) groups is 1. The van der Waals surface area contributed by atoms with Crippen LogP contribution in [0.15, 0.2) is 0 Å². The van der Waals surface area contributed by atoms with Crippen molar-refractivity contribution >= 4 is 11.6 Å². The first kappa shape index (κ1) is 18.7. The molecule has 1 amide bonds. The van der Waals surface area contributed by atoms with Crippen molar-refractivity contribution in [2.75, 3.05) is 14.1 Å². The van der Waals surface area contributed by atoms with E-state index in [0.29, 0.717) is 23.3 Å². The first-order valence-electron chi connectivity index (χ1n) is 6.85. The van der Waals surface area contributed by atoms with Crippen LogP contribution in [0.4, 0.5) is 0 Å². The third-order valence-corrected chi connectivity index (χ3v) is 4.11. The largest absolute Gasteiger partial charge is 1.00 e. The molecular formula is C15H23IN4O2. The van der Waals surface area contributed by atoms with E-state index < -0.39 is 5.91 Å². The van der Waals surface area contributed by atoms with Gasteiger partial charge < -0.3 is 39.7 Å². The zero-order valence-electron chi connectivity index (χ0n) is 13.9. The van der Waals surface area contributed by atoms with Crippen LogP contribution in [-0.4, -0.2) is 34.4 Å². The second-order valence-corrected chi connectivity index (χ2v) is 5.78. The van der Waals surface area contributed by atoms with Crippen molar-refractivity contribution in [3.8, 4) is 5.75 Å². The number of aromatic hydroxyl groups is 1. The number of halogens is 1. The lowest BCUT2D eigenvalue weighted by Gasteiger charge is -2.15. The summed E-state index contributed by atoms with van der Waals surface area (Å²) in [5.41, 5.74) is 9.99. The number of amides is 1. The summed E-state index contributed by atoms with van der Waals surface area (Å²) in [4.78, 5) is 13.8. The molecule has 0 aliphatic rings. The maximum absolute atomic E-state index is 11.9. The molecule has 0 aromatic carbocycles. The molecule has 0 bridgehead atoms. The highest BCUT2D eigenvalue weighted by Crippen LogP contribution is 2.30. The molecule has 2 aromatic heterocycles. The summed E-state index contributed by atoms with van der Waals surface area (Å²) in [6.45, 7) is 6.25. The number of imidazole rings is 1. The van der Waals surface area contributed by atoms with E-state index in [1.165, 1.54) is 0 Å². The zero-order chi connectivity index (χ0) is 16.1. The van der Waals surface area contributed by atoms with Gasteiger partial charge in [-0.25, -0.2) is 4.57 Å². The average Bonchev–Trinajstić information content (AvgIpc) is 2.59. The van der Waals surface area contributed by atoms with Gasteiger partial charge in [-0.3, -0.25) is 4.79 Å². The molecule has 122 valence electrons. The standard InChI is InChI=1S/C15H22N4O2.HI/c1-8-9(2)19-10(3)12(14(16)21)11(7-17(4)5)13(20)15(19)18(8)6;/h7H2,1-6H3,(H2-,16,20,21);1H. The van der Waals surface area contributed by atoms with Crippen LogP contribution < -0.4 is 34.3 Å². The molecule has 0 radical (unpaired) electrons. The van der Waals surface area contributed by atoms with Crippen molar-refractivity contribution in [1.29, 1.82) is 0 Å². The second kappa shape index (κ2) is 6.41. The number of rotatable bonds is 3. The summed E-state index contributed by atoms with van der Waals surface area (Å²) in [6.07, 6.45) is 0. The molecule has 3 N–H and O–H groups in total. The first-order chi connectivity index (χ1) is 9.68. The Morgan fingerprint density at radius 2 is 1.82 bits per heavy atom. The Morgan fingerprint density at radius 3 is 2.27 bits per heavy atom. The predicted octanol–water partition coefficient (Wildman–Crippen LogP) is -2.44. The van der Waals surface area contributed by atoms with Gasteiger partial charge in [-0.05, 0) is 21.0 Å². The molecule has 0 unspecified atom stereocenters. The number of nitrogens with zero attached hydrogens (tertiary/aromatic N) is 3. The minimum Gasteiger partial charge on any atom is -1.00 e. The summed E-state index contributed by atoms with van der Waals surface area (Å²) in [5.74, 6) is -0.406. The summed E-state index contributed by atoms with van der Waals surface area (Å²) >= 11 is 0. The monoisotopic (exact) mass is 418 g/mol. The Kier molecular flexibility index (Phi) is 5.45. The van der Waals surface area contributed by atoms with E-state index in [4.69, 9.17) is 5.73 Å². The normalized spacial score (nSPS) is 11.0. The van der Waals surface area contributed by atoms with E-state index in [-0.39, 0.29) is 29.7 Å². The third-order valence-electron chi connectivity index (χ3n) is 4.11. The van der Waals surface area contributed by atoms with Gasteiger partial charge in [-0.2, -0.15) is 4.40 Å². The molecule has 0 saturated carbocycles. The van der Waals surface area contributed by atoms with Crippen LogP contribution in [0.2, 0.25) is 0 Å². The van der Waals surface area contributed by atoms with E-state index >= 15 is 0 Å². The number of primary amides is 1. The summed E-state index contributed by atoms with van der Waals surface area (Å²) < 4.78 is 3.82. The predicted molar refractivity (Wildman–Crippen MR) is 80.4 cm³/mol. The van der Waals surface area contributed by atoms with Crippen LogP contribution in [0.1, 0.15) is 33.0 Å². The number of hydrogen-bond donors (Lipinski definition) is 2. The number of aromatic nitrogens is 2. The summed E-state index contributed by atoms with van der Waals surface area (Å²) in [5, 5.41) is 10.7. The average molecular weight is 418 g/mol. The molecule has 7 heteroatoms. The highest BCUT2D eigenvalue weighted by atomic mass is 127. The second-order valence-electron chi connectivity index (χ2n) is 5.78. The number of pyridine rings is 1. The van der Waals surface area contributed by atoms with Crippen molar-refractivity contribution in [3.05, 3.63) is 28.2 Å². The molecule has 2 aromatic rings. The molecular weight excluding hydrogens is 395 g/mol. The lowest BCUT2D eigenvalue weighted by atomic mass is 10.0. The minimum absolute atomic E-state index is 0. The molecule has 2 rings (SSSR count). The van der Waals surface area contributed by atoms with Crippen LogP contribution >= 0.6 is 0 Å². The highest BCUT2D eigenvalue weighted by Gasteiger charge is 2.30. The first-order valence-corrected chi connectivity index (χ1v) is 6.85. The molecule has 2 heterocycles. The van der Waals surface area contributed by atoms with Gasteiger partial charge >= 0.3 is 5.65 Å². The minimum atomic E-state index is -0.519. The Balaban J connectivity index is 0.00000242. The molecule has 0 spiro atoms. The third kappa shape index (κ3) is 2.67. The van der Waals surface area contributed by atoms with Crippen LogP contribution in [0.25, 0.3) is 5.65 Å². The lowest BCUT2D eigenvalue weighted by Crippen LogP contribution is -3.00. The van der Waals surface area contributed by atoms with Crippen LogP contribution in [0, 0.1) is 20.8 Å². The van der Waals surface area contributed by atoms with Gasteiger partial charge in [-0.15, -0.1) is 0 Å². The fraction of sp³-hybridized carbons (Fsp3) is 0.467. The number of carbonyl (C=O) groups excluding carboxylic acids is 1. The van der Waals surface area contributed by atoms with E-state index in [9.17, 15) is 9.90 Å². The molecule has 0 aliphatic heterocycles. The smallest absolute Gasteiger partial charge is 0.329 e. The lowest BCUT2D eigenvalue weighted by molar-refractivity contribution is -0.651. The van der Waals surface area contributed by atoms with Gasteiger partial charge in [-0.1, -0.05) is 0 Å². The zero-order valence-corrected chi connectivity index (χ0v) is 16.0. The highest BCUT2D eigenvalue weighted by molar-refractivity contribution is 5.97. The van der Waals surface area contributed by atoms with Crippen molar-refractivity contribution in [1.82, 2.24) is 9.30 Å². The molecule has 0 saturated heterocycles. The van der Waals surface area contributed by atoms with Crippen LogP contribution in [0.3, 0.4) is 0 Å². The van der Waals surface area contributed by atoms with Crippen molar-refractivity contribution in [2.24, 2.45) is 12.8 Å². The van der Waals surface area contributed by atoms with Gasteiger partial charge in [0.25, 0.3) is 5.91 Å². The fourth-order valence-corrected chi connectivity index (χ4v) is 2.93. The Hall–Kier alpha value is -1.35. The van der Waals surface area contributed by atoms with Crippen molar-refractivity contribution < 1.29 is 38.4 Å². The topological polar surface area (TPSA) is 74.8 Å². The number of hydrogen-bond acceptors (Lipinski definition) is 3. The Bertz CT molecular complexity index is 750. The van der Waals surface area contributed by atoms with Gasteiger partial charge in [0.05, 0.1) is 12.6 Å². The quantitative estimate of drug-likeness (QED) is 0.430. The molecule has 0 aliphatic carbocycles. The molecule has 22 heavy (non-hydrogen) atoms. The van der Waals surface area contributed by atoms with Gasteiger partial charge in [0.2, 0.25) is 5.75 Å². The number of aryl methyl sites for hydroxylation is 3. The van der Waals surface area contributed by atoms with E-state index in [1.54, 1.807) is 0 Å². The van der Waals surface area contributed by atoms with Gasteiger partial charge in [0, 0.05) is 26.0 Å². The van der Waals surface area contributed by atoms with Crippen LogP contribution in [-0.2, 0) is 13.6 Å². The maximum atomic E-state index is 11.9. The van der Waals surface area contributed by atoms with Gasteiger partial charge in [0.1, 0.15) is 17.1 Å². The molecule has 6 nitrogen and oxygen atoms in total. The maximum Gasteiger partial charge on any atom is 0.329 e. The molecule has 0 fully saturated rings.